The molecule has 0 unspecified atom stereocenters. The van der Waals surface area contributed by atoms with Crippen LogP contribution in [0.4, 0.5) is 0 Å². The zero-order chi connectivity index (χ0) is 16.3. The lowest BCUT2D eigenvalue weighted by atomic mass is 10.1. The molecule has 0 atom stereocenters. The van der Waals surface area contributed by atoms with Gasteiger partial charge in [-0.05, 0) is 24.0 Å². The molecule has 0 bridgehead atoms. The van der Waals surface area contributed by atoms with Crippen molar-refractivity contribution >= 4 is 29.9 Å². The second-order valence-corrected chi connectivity index (χ2v) is 5.22. The summed E-state index contributed by atoms with van der Waals surface area (Å²) in [6.45, 7) is 4.02. The van der Waals surface area contributed by atoms with E-state index in [2.05, 4.69) is 34.3 Å². The Morgan fingerprint density at radius 1 is 1.17 bits per heavy atom. The van der Waals surface area contributed by atoms with Crippen LogP contribution in [0.15, 0.2) is 53.7 Å². The Bertz CT molecular complexity index is 602. The van der Waals surface area contributed by atoms with Crippen molar-refractivity contribution in [3.05, 3.63) is 59.8 Å². The van der Waals surface area contributed by atoms with Crippen LogP contribution in [-0.4, -0.2) is 24.1 Å². The number of hydrogen-bond donors (Lipinski definition) is 2. The fraction of sp³-hybridized carbons (Fsp3) is 0.333. The van der Waals surface area contributed by atoms with Crippen LogP contribution in [0, 0.1) is 0 Å². The SMILES string of the molecule is CCCOc1ccc(CN=C(N)NCCc2ccccc2)cn1.I. The quantitative estimate of drug-likeness (QED) is 0.376. The molecule has 0 saturated heterocycles. The Hall–Kier alpha value is -1.83. The van der Waals surface area contributed by atoms with E-state index in [0.717, 1.165) is 24.9 Å². The standard InChI is InChI=1S/C18H24N4O.HI/c1-2-12-23-17-9-8-16(13-21-17)14-22-18(19)20-11-10-15-6-4-3-5-7-15;/h3-9,13H,2,10-12,14H2,1H3,(H3,19,20,22);1H. The molecule has 24 heavy (non-hydrogen) atoms. The zero-order valence-electron chi connectivity index (χ0n) is 13.9. The number of halogens is 1. The average molecular weight is 440 g/mol. The van der Waals surface area contributed by atoms with Gasteiger partial charge in [-0.2, -0.15) is 0 Å². The molecule has 2 rings (SSSR count). The van der Waals surface area contributed by atoms with Gasteiger partial charge in [0, 0.05) is 18.8 Å². The van der Waals surface area contributed by atoms with Gasteiger partial charge in [-0.15, -0.1) is 24.0 Å². The molecule has 0 fully saturated rings. The van der Waals surface area contributed by atoms with Gasteiger partial charge in [0.05, 0.1) is 13.2 Å². The minimum absolute atomic E-state index is 0. The first-order chi connectivity index (χ1) is 11.3. The maximum absolute atomic E-state index is 5.88. The summed E-state index contributed by atoms with van der Waals surface area (Å²) in [6.07, 6.45) is 3.66. The monoisotopic (exact) mass is 440 g/mol. The van der Waals surface area contributed by atoms with Gasteiger partial charge in [0.25, 0.3) is 0 Å². The van der Waals surface area contributed by atoms with Gasteiger partial charge in [0.2, 0.25) is 5.88 Å². The van der Waals surface area contributed by atoms with Gasteiger partial charge in [0.15, 0.2) is 5.96 Å². The summed E-state index contributed by atoms with van der Waals surface area (Å²) >= 11 is 0. The number of benzene rings is 1. The summed E-state index contributed by atoms with van der Waals surface area (Å²) in [5.74, 6) is 1.10. The molecule has 0 saturated carbocycles. The predicted octanol–water partition coefficient (Wildman–Crippen LogP) is 3.14. The van der Waals surface area contributed by atoms with Crippen LogP contribution in [-0.2, 0) is 13.0 Å². The third kappa shape index (κ3) is 7.63. The van der Waals surface area contributed by atoms with Crippen LogP contribution in [0.25, 0.3) is 0 Å². The van der Waals surface area contributed by atoms with Gasteiger partial charge in [-0.3, -0.25) is 0 Å². The van der Waals surface area contributed by atoms with Gasteiger partial charge in [0.1, 0.15) is 0 Å². The Morgan fingerprint density at radius 3 is 2.62 bits per heavy atom. The molecule has 1 aromatic heterocycles. The van der Waals surface area contributed by atoms with Crippen LogP contribution >= 0.6 is 24.0 Å². The van der Waals surface area contributed by atoms with E-state index in [9.17, 15) is 0 Å². The lowest BCUT2D eigenvalue weighted by Gasteiger charge is -2.06. The summed E-state index contributed by atoms with van der Waals surface area (Å²) in [7, 11) is 0. The number of nitrogens with one attached hydrogen (secondary N) is 1. The van der Waals surface area contributed by atoms with Gasteiger partial charge in [-0.1, -0.05) is 43.3 Å². The summed E-state index contributed by atoms with van der Waals surface area (Å²) in [5, 5.41) is 3.12. The van der Waals surface area contributed by atoms with Crippen LogP contribution < -0.4 is 15.8 Å². The lowest BCUT2D eigenvalue weighted by Crippen LogP contribution is -2.33. The first-order valence-corrected chi connectivity index (χ1v) is 7.93. The molecule has 130 valence electrons. The number of aliphatic imine (C=N–C) groups is 1. The summed E-state index contributed by atoms with van der Waals surface area (Å²) < 4.78 is 5.45. The molecule has 0 spiro atoms. The molecule has 0 amide bonds. The third-order valence-corrected chi connectivity index (χ3v) is 3.25. The van der Waals surface area contributed by atoms with E-state index in [1.165, 1.54) is 5.56 Å². The summed E-state index contributed by atoms with van der Waals surface area (Å²) in [6, 6.07) is 14.1. The van der Waals surface area contributed by atoms with Crippen LogP contribution in [0.5, 0.6) is 5.88 Å². The van der Waals surface area contributed by atoms with Gasteiger partial charge >= 0.3 is 0 Å². The number of pyridine rings is 1. The summed E-state index contributed by atoms with van der Waals surface area (Å²) in [4.78, 5) is 8.56. The second-order valence-electron chi connectivity index (χ2n) is 5.22. The van der Waals surface area contributed by atoms with E-state index in [1.807, 2.05) is 30.3 Å². The zero-order valence-corrected chi connectivity index (χ0v) is 16.3. The highest BCUT2D eigenvalue weighted by molar-refractivity contribution is 14.0. The topological polar surface area (TPSA) is 72.5 Å². The molecular formula is C18H25IN4O. The maximum atomic E-state index is 5.88. The van der Waals surface area contributed by atoms with E-state index < -0.39 is 0 Å². The third-order valence-electron chi connectivity index (χ3n) is 3.25. The highest BCUT2D eigenvalue weighted by Gasteiger charge is 1.98. The molecule has 0 aliphatic rings. The van der Waals surface area contributed by atoms with Crippen molar-refractivity contribution in [2.75, 3.05) is 13.2 Å². The maximum Gasteiger partial charge on any atom is 0.213 e. The van der Waals surface area contributed by atoms with Crippen LogP contribution in [0.3, 0.4) is 0 Å². The average Bonchev–Trinajstić information content (AvgIpc) is 2.60. The molecule has 0 radical (unpaired) electrons. The molecular weight excluding hydrogens is 415 g/mol. The minimum atomic E-state index is 0. The molecule has 0 aliphatic carbocycles. The van der Waals surface area contributed by atoms with Gasteiger partial charge in [-0.25, -0.2) is 9.98 Å². The number of nitrogens with two attached hydrogens (primary N) is 1. The molecule has 0 aliphatic heterocycles. The number of hydrogen-bond acceptors (Lipinski definition) is 3. The molecule has 2 aromatic rings. The Balaban J connectivity index is 0.00000288. The Kier molecular flexibility index (Phi) is 9.83. The van der Waals surface area contributed by atoms with E-state index in [1.54, 1.807) is 6.20 Å². The van der Waals surface area contributed by atoms with Crippen molar-refractivity contribution in [1.29, 1.82) is 0 Å². The van der Waals surface area contributed by atoms with Crippen LogP contribution in [0.2, 0.25) is 0 Å². The Morgan fingerprint density at radius 2 is 1.96 bits per heavy atom. The highest BCUT2D eigenvalue weighted by atomic mass is 127. The first-order valence-electron chi connectivity index (χ1n) is 7.93. The minimum Gasteiger partial charge on any atom is -0.478 e. The van der Waals surface area contributed by atoms with E-state index in [0.29, 0.717) is 25.0 Å². The second kappa shape index (κ2) is 11.7. The van der Waals surface area contributed by atoms with Crippen molar-refractivity contribution in [3.63, 3.8) is 0 Å². The number of nitrogens with zero attached hydrogens (tertiary/aromatic N) is 2. The van der Waals surface area contributed by atoms with Crippen molar-refractivity contribution in [1.82, 2.24) is 10.3 Å². The molecule has 5 nitrogen and oxygen atoms in total. The van der Waals surface area contributed by atoms with E-state index >= 15 is 0 Å². The van der Waals surface area contributed by atoms with Crippen molar-refractivity contribution in [3.8, 4) is 5.88 Å². The number of ether oxygens (including phenoxy) is 1. The molecule has 6 heteroatoms. The molecule has 3 N–H and O–H groups in total. The lowest BCUT2D eigenvalue weighted by molar-refractivity contribution is 0.305. The normalized spacial score (nSPS) is 10.8. The molecule has 1 heterocycles. The fourth-order valence-electron chi connectivity index (χ4n) is 2.01. The van der Waals surface area contributed by atoms with E-state index in [-0.39, 0.29) is 24.0 Å². The molecule has 1 aromatic carbocycles. The number of aromatic nitrogens is 1. The van der Waals surface area contributed by atoms with Crippen LogP contribution in [0.1, 0.15) is 24.5 Å². The fourth-order valence-corrected chi connectivity index (χ4v) is 2.01. The summed E-state index contributed by atoms with van der Waals surface area (Å²) in [5.41, 5.74) is 8.15. The largest absolute Gasteiger partial charge is 0.478 e. The number of rotatable bonds is 8. The Labute approximate surface area is 160 Å². The van der Waals surface area contributed by atoms with Crippen molar-refractivity contribution in [2.24, 2.45) is 10.7 Å². The van der Waals surface area contributed by atoms with Crippen molar-refractivity contribution < 1.29 is 4.74 Å². The first kappa shape index (κ1) is 20.2. The number of guanidine groups is 1. The predicted molar refractivity (Wildman–Crippen MR) is 109 cm³/mol. The van der Waals surface area contributed by atoms with Gasteiger partial charge < -0.3 is 15.8 Å². The van der Waals surface area contributed by atoms with E-state index in [4.69, 9.17) is 10.5 Å². The smallest absolute Gasteiger partial charge is 0.213 e. The highest BCUT2D eigenvalue weighted by Crippen LogP contribution is 2.08. The van der Waals surface area contributed by atoms with Crippen molar-refractivity contribution in [2.45, 2.75) is 26.3 Å².